The first-order chi connectivity index (χ1) is 14.8. The Morgan fingerprint density at radius 1 is 1.16 bits per heavy atom. The minimum atomic E-state index is -0.736. The maximum atomic E-state index is 13.1. The van der Waals surface area contributed by atoms with Gasteiger partial charge in [0, 0.05) is 25.3 Å². The largest absolute Gasteiger partial charge is 0.370 e. The molecule has 1 N–H and O–H groups in total. The van der Waals surface area contributed by atoms with Gasteiger partial charge in [-0.15, -0.1) is 0 Å². The summed E-state index contributed by atoms with van der Waals surface area (Å²) in [6, 6.07) is 7.55. The number of allylic oxidation sites excluding steroid dienone is 2. The molecule has 0 spiro atoms. The van der Waals surface area contributed by atoms with Crippen LogP contribution in [-0.2, 0) is 14.4 Å². The molecule has 0 bridgehead atoms. The van der Waals surface area contributed by atoms with Gasteiger partial charge in [0.2, 0.25) is 17.7 Å². The highest BCUT2D eigenvalue weighted by Gasteiger charge is 2.51. The minimum Gasteiger partial charge on any atom is -0.370 e. The molecule has 6 heteroatoms. The van der Waals surface area contributed by atoms with Crippen LogP contribution < -0.4 is 10.2 Å². The van der Waals surface area contributed by atoms with Gasteiger partial charge in [0.25, 0.3) is 0 Å². The van der Waals surface area contributed by atoms with E-state index in [0.717, 1.165) is 12.2 Å². The fraction of sp³-hybridized carbons (Fsp3) is 0.560. The average molecular weight is 426 g/mol. The second-order valence-electron chi connectivity index (χ2n) is 9.06. The van der Waals surface area contributed by atoms with E-state index in [1.54, 1.807) is 0 Å². The molecule has 0 saturated carbocycles. The van der Waals surface area contributed by atoms with Crippen molar-refractivity contribution in [3.63, 3.8) is 0 Å². The van der Waals surface area contributed by atoms with Gasteiger partial charge < -0.3 is 10.2 Å². The summed E-state index contributed by atoms with van der Waals surface area (Å²) in [5.74, 6) is -1.03. The first-order valence-electron chi connectivity index (χ1n) is 11.4. The quantitative estimate of drug-likeness (QED) is 0.487. The minimum absolute atomic E-state index is 0.185. The molecule has 3 amide bonds. The topological polar surface area (TPSA) is 69.7 Å². The summed E-state index contributed by atoms with van der Waals surface area (Å²) in [7, 11) is 0. The average Bonchev–Trinajstić information content (AvgIpc) is 2.99. The number of carbonyl (C=O) groups is 3. The van der Waals surface area contributed by atoms with Gasteiger partial charge in [0.15, 0.2) is 0 Å². The summed E-state index contributed by atoms with van der Waals surface area (Å²) in [4.78, 5) is 42.6. The van der Waals surface area contributed by atoms with E-state index >= 15 is 0 Å². The van der Waals surface area contributed by atoms with Crippen LogP contribution in [0.25, 0.3) is 0 Å². The molecule has 2 aliphatic rings. The summed E-state index contributed by atoms with van der Waals surface area (Å²) in [6.45, 7) is 10.1. The first kappa shape index (κ1) is 23.0. The van der Waals surface area contributed by atoms with Crippen molar-refractivity contribution in [1.82, 2.24) is 10.2 Å². The van der Waals surface area contributed by atoms with Gasteiger partial charge in [0.05, 0.1) is 11.8 Å². The Kier molecular flexibility index (Phi) is 7.52. The maximum absolute atomic E-state index is 13.1. The zero-order valence-electron chi connectivity index (χ0n) is 19.1. The van der Waals surface area contributed by atoms with E-state index in [4.69, 9.17) is 0 Å². The highest BCUT2D eigenvalue weighted by molar-refractivity contribution is 6.08. The van der Waals surface area contributed by atoms with Gasteiger partial charge in [-0.05, 0) is 56.7 Å². The number of likely N-dealkylation sites (N-methyl/N-ethyl adjacent to an activating group) is 1. The van der Waals surface area contributed by atoms with Crippen molar-refractivity contribution in [2.75, 3.05) is 24.5 Å². The molecule has 3 rings (SSSR count). The van der Waals surface area contributed by atoms with Crippen LogP contribution in [0.15, 0.2) is 36.4 Å². The molecule has 31 heavy (non-hydrogen) atoms. The van der Waals surface area contributed by atoms with Crippen molar-refractivity contribution >= 4 is 23.4 Å². The predicted molar refractivity (Wildman–Crippen MR) is 123 cm³/mol. The van der Waals surface area contributed by atoms with Crippen LogP contribution in [-0.4, -0.2) is 48.3 Å². The van der Waals surface area contributed by atoms with Crippen LogP contribution in [0.3, 0.4) is 0 Å². The third-order valence-corrected chi connectivity index (χ3v) is 6.28. The lowest BCUT2D eigenvalue weighted by Gasteiger charge is -2.28. The van der Waals surface area contributed by atoms with Crippen LogP contribution in [0.1, 0.15) is 45.6 Å². The Balaban J connectivity index is 1.66. The Labute approximate surface area is 185 Å². The number of hydrogen-bond acceptors (Lipinski definition) is 4. The van der Waals surface area contributed by atoms with Crippen LogP contribution in [0.5, 0.6) is 0 Å². The van der Waals surface area contributed by atoms with E-state index < -0.39 is 6.04 Å². The molecular weight excluding hydrogens is 390 g/mol. The zero-order chi connectivity index (χ0) is 22.5. The molecule has 3 atom stereocenters. The fourth-order valence-corrected chi connectivity index (χ4v) is 4.64. The van der Waals surface area contributed by atoms with Crippen molar-refractivity contribution in [3.05, 3.63) is 42.0 Å². The molecule has 1 fully saturated rings. The van der Waals surface area contributed by atoms with Crippen molar-refractivity contribution in [2.45, 2.75) is 53.0 Å². The maximum Gasteiger partial charge on any atom is 0.243 e. The number of imide groups is 1. The van der Waals surface area contributed by atoms with Crippen LogP contribution in [0, 0.1) is 24.7 Å². The Bertz CT molecular complexity index is 822. The third kappa shape index (κ3) is 5.17. The molecule has 0 radical (unpaired) electrons. The lowest BCUT2D eigenvalue weighted by atomic mass is 9.85. The van der Waals surface area contributed by atoms with Gasteiger partial charge in [-0.25, -0.2) is 0 Å². The highest BCUT2D eigenvalue weighted by atomic mass is 16.2. The molecule has 1 aromatic rings. The fourth-order valence-electron chi connectivity index (χ4n) is 4.64. The monoisotopic (exact) mass is 425 g/mol. The number of amides is 3. The van der Waals surface area contributed by atoms with Crippen molar-refractivity contribution in [2.24, 2.45) is 17.8 Å². The Hall–Kier alpha value is -2.63. The van der Waals surface area contributed by atoms with Gasteiger partial charge in [-0.2, -0.15) is 0 Å². The Morgan fingerprint density at radius 3 is 2.35 bits per heavy atom. The van der Waals surface area contributed by atoms with Crippen molar-refractivity contribution in [3.8, 4) is 0 Å². The van der Waals surface area contributed by atoms with Crippen LogP contribution in [0.2, 0.25) is 0 Å². The summed E-state index contributed by atoms with van der Waals surface area (Å²) < 4.78 is 0. The van der Waals surface area contributed by atoms with E-state index in [0.29, 0.717) is 32.4 Å². The van der Waals surface area contributed by atoms with Crippen LogP contribution in [0.4, 0.5) is 5.69 Å². The van der Waals surface area contributed by atoms with Gasteiger partial charge >= 0.3 is 0 Å². The van der Waals surface area contributed by atoms with E-state index in [2.05, 4.69) is 42.3 Å². The number of nitrogens with one attached hydrogen (secondary N) is 1. The van der Waals surface area contributed by atoms with E-state index in [1.165, 1.54) is 10.5 Å². The molecule has 1 aliphatic carbocycles. The zero-order valence-corrected chi connectivity index (χ0v) is 19.1. The number of aryl methyl sites for hydroxylation is 1. The smallest absolute Gasteiger partial charge is 0.243 e. The number of anilines is 1. The van der Waals surface area contributed by atoms with E-state index in [-0.39, 0.29) is 35.5 Å². The number of likely N-dealkylation sites (tertiary alicyclic amines) is 1. The lowest BCUT2D eigenvalue weighted by Crippen LogP contribution is -2.51. The molecule has 3 unspecified atom stereocenters. The van der Waals surface area contributed by atoms with E-state index in [1.807, 2.05) is 32.1 Å². The molecule has 0 aromatic heterocycles. The molecule has 1 aromatic carbocycles. The number of carbonyl (C=O) groups excluding carboxylic acids is 3. The summed E-state index contributed by atoms with van der Waals surface area (Å²) in [5, 5.41) is 2.99. The van der Waals surface area contributed by atoms with Crippen molar-refractivity contribution < 1.29 is 14.4 Å². The Morgan fingerprint density at radius 2 is 1.81 bits per heavy atom. The van der Waals surface area contributed by atoms with Crippen LogP contribution >= 0.6 is 0 Å². The number of hydrogen-bond donors (Lipinski definition) is 1. The number of rotatable bonds is 9. The summed E-state index contributed by atoms with van der Waals surface area (Å²) >= 11 is 0. The number of nitrogens with zero attached hydrogens (tertiary/aromatic N) is 2. The molecule has 1 saturated heterocycles. The highest BCUT2D eigenvalue weighted by Crippen LogP contribution is 2.37. The lowest BCUT2D eigenvalue weighted by molar-refractivity contribution is -0.148. The van der Waals surface area contributed by atoms with Crippen molar-refractivity contribution in [1.29, 1.82) is 0 Å². The van der Waals surface area contributed by atoms with Gasteiger partial charge in [0.1, 0.15) is 6.04 Å². The van der Waals surface area contributed by atoms with E-state index in [9.17, 15) is 14.4 Å². The number of fused-ring (bicyclic) bond motifs is 1. The molecule has 168 valence electrons. The van der Waals surface area contributed by atoms with Gasteiger partial charge in [-0.1, -0.05) is 38.1 Å². The third-order valence-electron chi connectivity index (χ3n) is 6.28. The molecular formula is C25H35N3O3. The number of benzene rings is 1. The second-order valence-corrected chi connectivity index (χ2v) is 9.06. The second kappa shape index (κ2) is 10.1. The summed E-state index contributed by atoms with van der Waals surface area (Å²) in [5.41, 5.74) is 2.32. The first-order valence-corrected chi connectivity index (χ1v) is 11.4. The summed E-state index contributed by atoms with van der Waals surface area (Å²) in [6.07, 6.45) is 5.59. The van der Waals surface area contributed by atoms with Gasteiger partial charge in [-0.3, -0.25) is 19.3 Å². The molecule has 6 nitrogen and oxygen atoms in total. The normalized spacial score (nSPS) is 21.4. The molecule has 1 heterocycles. The standard InChI is InChI=1S/C25H35N3O3/c1-5-27(19-10-8-9-18(4)16-19)14-13-26-23(29)22(15-17(2)3)28-24(30)20-11-6-7-12-21(20)25(28)31/h6-10,16-17,20-22H,5,11-15H2,1-4H3,(H,26,29). The predicted octanol–water partition coefficient (Wildman–Crippen LogP) is 3.30. The SMILES string of the molecule is CCN(CCNC(=O)C(CC(C)C)N1C(=O)C2CC=CCC2C1=O)c1cccc(C)c1. The molecule has 1 aliphatic heterocycles.